The third-order valence-corrected chi connectivity index (χ3v) is 5.69. The molecule has 3 aromatic rings. The van der Waals surface area contributed by atoms with Gasteiger partial charge in [0.05, 0.1) is 30.5 Å². The van der Waals surface area contributed by atoms with Crippen LogP contribution >= 0.6 is 0 Å². The second-order valence-corrected chi connectivity index (χ2v) is 7.84. The number of rotatable bonds is 4. The van der Waals surface area contributed by atoms with E-state index >= 15 is 0 Å². The number of fused-ring (bicyclic) bond motifs is 1. The number of aliphatic imine (C=N–C) groups is 1. The summed E-state index contributed by atoms with van der Waals surface area (Å²) in [5.41, 5.74) is 2.44. The zero-order chi connectivity index (χ0) is 22.4. The fraction of sp³-hybridized carbons (Fsp3) is 0.318. The van der Waals surface area contributed by atoms with Crippen molar-refractivity contribution < 1.29 is 22.0 Å². The van der Waals surface area contributed by atoms with E-state index in [-0.39, 0.29) is 25.1 Å². The molecule has 2 aliphatic heterocycles. The van der Waals surface area contributed by atoms with Crippen molar-refractivity contribution in [2.24, 2.45) is 4.99 Å². The summed E-state index contributed by atoms with van der Waals surface area (Å²) in [6.45, 7) is -0.250. The van der Waals surface area contributed by atoms with Gasteiger partial charge in [-0.05, 0) is 30.3 Å². The van der Waals surface area contributed by atoms with Gasteiger partial charge in [0.1, 0.15) is 30.2 Å². The van der Waals surface area contributed by atoms with Crippen molar-refractivity contribution >= 4 is 5.84 Å². The van der Waals surface area contributed by atoms with Crippen LogP contribution in [0.2, 0.25) is 0 Å². The minimum Gasteiger partial charge on any atom is -0.346 e. The molecule has 2 aliphatic rings. The molecular formula is C22H18F5N5. The number of amidine groups is 1. The predicted octanol–water partition coefficient (Wildman–Crippen LogP) is 4.53. The van der Waals surface area contributed by atoms with E-state index < -0.39 is 36.8 Å². The molecule has 5 rings (SSSR count). The first-order valence-corrected chi connectivity index (χ1v) is 10.1. The Kier molecular flexibility index (Phi) is 5.15. The van der Waals surface area contributed by atoms with Crippen LogP contribution in [0.1, 0.15) is 29.3 Å². The highest BCUT2D eigenvalue weighted by atomic mass is 19.3. The maximum Gasteiger partial charge on any atom is 0.257 e. The lowest BCUT2D eigenvalue weighted by Gasteiger charge is -2.27. The van der Waals surface area contributed by atoms with Gasteiger partial charge in [0.25, 0.3) is 6.43 Å². The molecule has 10 heteroatoms. The number of hydrogen-bond acceptors (Lipinski definition) is 4. The Labute approximate surface area is 180 Å². The molecule has 0 N–H and O–H groups in total. The van der Waals surface area contributed by atoms with E-state index in [1.165, 1.54) is 6.20 Å². The van der Waals surface area contributed by atoms with E-state index in [9.17, 15) is 22.0 Å². The Hall–Kier alpha value is -3.30. The fourth-order valence-electron chi connectivity index (χ4n) is 4.28. The smallest absolute Gasteiger partial charge is 0.257 e. The van der Waals surface area contributed by atoms with Crippen molar-refractivity contribution in [3.8, 4) is 11.3 Å². The first-order valence-electron chi connectivity index (χ1n) is 10.1. The average molecular weight is 447 g/mol. The van der Waals surface area contributed by atoms with Gasteiger partial charge in [-0.15, -0.1) is 0 Å². The standard InChI is InChI=1S/C22H18F5N5/c23-13-1-2-17(25)15(6-13)20-7-14(24)10-32(20)22-16-5-12(8-28-19(16)9-29-22)18-3-4-31(30-18)11-21(26)27/h1-6,8,14,20-21H,7,9-11H2/t14-,20+/m0/s1. The van der Waals surface area contributed by atoms with E-state index in [2.05, 4.69) is 15.1 Å². The van der Waals surface area contributed by atoms with Gasteiger partial charge in [-0.2, -0.15) is 5.10 Å². The summed E-state index contributed by atoms with van der Waals surface area (Å²) in [5.74, 6) is -0.748. The summed E-state index contributed by atoms with van der Waals surface area (Å²) >= 11 is 0. The van der Waals surface area contributed by atoms with Gasteiger partial charge in [0.2, 0.25) is 0 Å². The predicted molar refractivity (Wildman–Crippen MR) is 107 cm³/mol. The third-order valence-electron chi connectivity index (χ3n) is 5.69. The van der Waals surface area contributed by atoms with E-state index in [1.54, 1.807) is 23.2 Å². The Bertz CT molecular complexity index is 1190. The quantitative estimate of drug-likeness (QED) is 0.552. The summed E-state index contributed by atoms with van der Waals surface area (Å²) in [6, 6.07) is 5.82. The van der Waals surface area contributed by atoms with Gasteiger partial charge in [-0.25, -0.2) is 22.0 Å². The Morgan fingerprint density at radius 2 is 1.97 bits per heavy atom. The van der Waals surface area contributed by atoms with Crippen LogP contribution in [-0.4, -0.2) is 44.6 Å². The molecule has 32 heavy (non-hydrogen) atoms. The van der Waals surface area contributed by atoms with E-state index in [1.807, 2.05) is 0 Å². The van der Waals surface area contributed by atoms with Gasteiger partial charge in [-0.1, -0.05) is 0 Å². The highest BCUT2D eigenvalue weighted by molar-refractivity contribution is 6.02. The van der Waals surface area contributed by atoms with Crippen molar-refractivity contribution in [3.63, 3.8) is 0 Å². The number of nitrogens with zero attached hydrogens (tertiary/aromatic N) is 5. The molecule has 0 radical (unpaired) electrons. The summed E-state index contributed by atoms with van der Waals surface area (Å²) in [5, 5.41) is 4.16. The summed E-state index contributed by atoms with van der Waals surface area (Å²) in [6.07, 6.45) is -0.697. The monoisotopic (exact) mass is 447 g/mol. The third kappa shape index (κ3) is 3.74. The van der Waals surface area contributed by atoms with Crippen LogP contribution < -0.4 is 0 Å². The molecule has 4 heterocycles. The molecule has 5 nitrogen and oxygen atoms in total. The lowest BCUT2D eigenvalue weighted by atomic mass is 10.0. The molecule has 1 aromatic carbocycles. The van der Waals surface area contributed by atoms with Crippen LogP contribution in [0.4, 0.5) is 22.0 Å². The molecular weight excluding hydrogens is 429 g/mol. The second kappa shape index (κ2) is 7.99. The van der Waals surface area contributed by atoms with Crippen LogP contribution in [0.3, 0.4) is 0 Å². The first kappa shape index (κ1) is 20.6. The maximum absolute atomic E-state index is 14.5. The minimum absolute atomic E-state index is 0.00780. The molecule has 0 bridgehead atoms. The number of alkyl halides is 3. The highest BCUT2D eigenvalue weighted by Gasteiger charge is 2.39. The number of halogens is 5. The highest BCUT2D eigenvalue weighted by Crippen LogP contribution is 2.38. The molecule has 166 valence electrons. The largest absolute Gasteiger partial charge is 0.346 e. The molecule has 2 aromatic heterocycles. The average Bonchev–Trinajstić information content (AvgIpc) is 3.47. The van der Waals surface area contributed by atoms with Crippen LogP contribution in [0, 0.1) is 11.6 Å². The number of likely N-dealkylation sites (tertiary alicyclic amines) is 1. The number of hydrogen-bond donors (Lipinski definition) is 0. The molecule has 1 saturated heterocycles. The van der Waals surface area contributed by atoms with Crippen LogP contribution in [0.15, 0.2) is 47.7 Å². The summed E-state index contributed by atoms with van der Waals surface area (Å²) in [4.78, 5) is 10.6. The van der Waals surface area contributed by atoms with Gasteiger partial charge >= 0.3 is 0 Å². The van der Waals surface area contributed by atoms with Gasteiger partial charge in [0.15, 0.2) is 0 Å². The maximum atomic E-state index is 14.5. The molecule has 1 fully saturated rings. The van der Waals surface area contributed by atoms with Crippen LogP contribution in [-0.2, 0) is 13.1 Å². The number of aromatic nitrogens is 3. The molecule has 2 atom stereocenters. The minimum atomic E-state index is -2.52. The van der Waals surface area contributed by atoms with Gasteiger partial charge in [0, 0.05) is 35.5 Å². The van der Waals surface area contributed by atoms with Gasteiger partial charge in [-0.3, -0.25) is 14.7 Å². The topological polar surface area (TPSA) is 46.3 Å². The molecule has 0 amide bonds. The molecule has 0 unspecified atom stereocenters. The van der Waals surface area contributed by atoms with Crippen molar-refractivity contribution in [1.29, 1.82) is 0 Å². The summed E-state index contributed by atoms with van der Waals surface area (Å²) in [7, 11) is 0. The summed E-state index contributed by atoms with van der Waals surface area (Å²) < 4.78 is 69.1. The molecule has 0 aliphatic carbocycles. The van der Waals surface area contributed by atoms with Crippen LogP contribution in [0.5, 0.6) is 0 Å². The van der Waals surface area contributed by atoms with Crippen molar-refractivity contribution in [2.75, 3.05) is 6.54 Å². The zero-order valence-corrected chi connectivity index (χ0v) is 16.7. The molecule has 0 spiro atoms. The fourth-order valence-corrected chi connectivity index (χ4v) is 4.28. The molecule has 0 saturated carbocycles. The van der Waals surface area contributed by atoms with E-state index in [4.69, 9.17) is 0 Å². The Morgan fingerprint density at radius 1 is 1.12 bits per heavy atom. The van der Waals surface area contributed by atoms with Crippen molar-refractivity contribution in [1.82, 2.24) is 19.7 Å². The normalized spacial score (nSPS) is 20.2. The lowest BCUT2D eigenvalue weighted by Crippen LogP contribution is -2.32. The van der Waals surface area contributed by atoms with Crippen molar-refractivity contribution in [3.05, 3.63) is 71.2 Å². The SMILES string of the molecule is Fc1ccc(F)c([C@H]2C[C@H](F)CN2C2=NCc3ncc(-c4ccn(CC(F)F)n4)cc32)c1. The number of benzene rings is 1. The van der Waals surface area contributed by atoms with E-state index in [0.29, 0.717) is 28.4 Å². The van der Waals surface area contributed by atoms with E-state index in [0.717, 1.165) is 22.9 Å². The lowest BCUT2D eigenvalue weighted by molar-refractivity contribution is 0.122. The second-order valence-electron chi connectivity index (χ2n) is 7.84. The Morgan fingerprint density at radius 3 is 2.78 bits per heavy atom. The van der Waals surface area contributed by atoms with Gasteiger partial charge < -0.3 is 4.90 Å². The number of pyridine rings is 1. The zero-order valence-electron chi connectivity index (χ0n) is 16.7. The first-order chi connectivity index (χ1) is 15.4. The Balaban J connectivity index is 1.48. The van der Waals surface area contributed by atoms with Crippen molar-refractivity contribution in [2.45, 2.75) is 38.1 Å². The van der Waals surface area contributed by atoms with Crippen LogP contribution in [0.25, 0.3) is 11.3 Å².